The van der Waals surface area contributed by atoms with E-state index in [1.54, 1.807) is 12.0 Å². The van der Waals surface area contributed by atoms with Crippen molar-refractivity contribution in [3.05, 3.63) is 28.2 Å². The Kier molecular flexibility index (Phi) is 4.89. The summed E-state index contributed by atoms with van der Waals surface area (Å²) in [7, 11) is 3.14. The number of nitrogens with zero attached hydrogens (tertiary/aromatic N) is 4. The fourth-order valence-electron chi connectivity index (χ4n) is 3.77. The molecule has 0 saturated carbocycles. The van der Waals surface area contributed by atoms with Gasteiger partial charge in [0.2, 0.25) is 5.91 Å². The summed E-state index contributed by atoms with van der Waals surface area (Å²) in [4.78, 5) is 40.6. The zero-order chi connectivity index (χ0) is 18.0. The highest BCUT2D eigenvalue weighted by molar-refractivity contribution is 5.93. The average Bonchev–Trinajstić information content (AvgIpc) is 3.03. The van der Waals surface area contributed by atoms with Crippen LogP contribution in [0.15, 0.2) is 16.9 Å². The van der Waals surface area contributed by atoms with Crippen LogP contribution in [0.4, 0.5) is 0 Å². The SMILES string of the molecule is COCCN1CCC[C@@]2(CCN(C(=O)c3ccc(=O)n(C)n3)C2)C1=O. The number of aromatic nitrogens is 2. The number of hydrogen-bond acceptors (Lipinski definition) is 5. The Morgan fingerprint density at radius 2 is 2.08 bits per heavy atom. The predicted molar refractivity (Wildman–Crippen MR) is 90.1 cm³/mol. The highest BCUT2D eigenvalue weighted by atomic mass is 16.5. The van der Waals surface area contributed by atoms with Crippen molar-refractivity contribution in [1.29, 1.82) is 0 Å². The monoisotopic (exact) mass is 348 g/mol. The third-order valence-electron chi connectivity index (χ3n) is 5.21. The Labute approximate surface area is 146 Å². The molecule has 2 fully saturated rings. The molecule has 2 amide bonds. The normalized spacial score (nSPS) is 23.5. The van der Waals surface area contributed by atoms with E-state index in [-0.39, 0.29) is 23.1 Å². The number of ether oxygens (including phenoxy) is 1. The van der Waals surface area contributed by atoms with Crippen molar-refractivity contribution in [1.82, 2.24) is 19.6 Å². The minimum absolute atomic E-state index is 0.125. The summed E-state index contributed by atoms with van der Waals surface area (Å²) in [5.74, 6) is -0.103. The maximum absolute atomic E-state index is 12.9. The van der Waals surface area contributed by atoms with Gasteiger partial charge in [-0.2, -0.15) is 5.10 Å². The van der Waals surface area contributed by atoms with Gasteiger partial charge in [-0.3, -0.25) is 14.4 Å². The van der Waals surface area contributed by atoms with Crippen LogP contribution in [-0.4, -0.2) is 71.3 Å². The first-order valence-corrected chi connectivity index (χ1v) is 8.59. The minimum atomic E-state index is -0.484. The van der Waals surface area contributed by atoms with Crippen LogP contribution < -0.4 is 5.56 Å². The highest BCUT2D eigenvalue weighted by Gasteiger charge is 2.49. The van der Waals surface area contributed by atoms with Gasteiger partial charge in [0.1, 0.15) is 5.69 Å². The lowest BCUT2D eigenvalue weighted by Crippen LogP contribution is -2.51. The van der Waals surface area contributed by atoms with Crippen molar-refractivity contribution in [2.45, 2.75) is 19.3 Å². The number of aryl methyl sites for hydroxylation is 1. The lowest BCUT2D eigenvalue weighted by Gasteiger charge is -2.39. The highest BCUT2D eigenvalue weighted by Crippen LogP contribution is 2.40. The van der Waals surface area contributed by atoms with Crippen LogP contribution in [0.5, 0.6) is 0 Å². The second-order valence-electron chi connectivity index (χ2n) is 6.83. The molecule has 8 nitrogen and oxygen atoms in total. The number of rotatable bonds is 4. The first-order valence-electron chi connectivity index (χ1n) is 8.59. The second-order valence-corrected chi connectivity index (χ2v) is 6.83. The number of hydrogen-bond donors (Lipinski definition) is 0. The van der Waals surface area contributed by atoms with E-state index >= 15 is 0 Å². The smallest absolute Gasteiger partial charge is 0.274 e. The van der Waals surface area contributed by atoms with Crippen LogP contribution in [0.1, 0.15) is 29.8 Å². The van der Waals surface area contributed by atoms with E-state index in [9.17, 15) is 14.4 Å². The van der Waals surface area contributed by atoms with Crippen LogP contribution in [0.3, 0.4) is 0 Å². The number of piperidine rings is 1. The lowest BCUT2D eigenvalue weighted by atomic mass is 9.78. The van der Waals surface area contributed by atoms with E-state index in [1.807, 2.05) is 4.90 Å². The van der Waals surface area contributed by atoms with E-state index in [4.69, 9.17) is 4.74 Å². The quantitative estimate of drug-likeness (QED) is 0.757. The van der Waals surface area contributed by atoms with E-state index < -0.39 is 5.41 Å². The van der Waals surface area contributed by atoms with Gasteiger partial charge in [-0.25, -0.2) is 4.68 Å². The van der Waals surface area contributed by atoms with Crippen LogP contribution in [-0.2, 0) is 16.6 Å². The molecule has 0 bridgehead atoms. The molecule has 3 heterocycles. The summed E-state index contributed by atoms with van der Waals surface area (Å²) >= 11 is 0. The maximum atomic E-state index is 12.9. The Hall–Kier alpha value is -2.22. The molecule has 8 heteroatoms. The molecule has 0 N–H and O–H groups in total. The summed E-state index contributed by atoms with van der Waals surface area (Å²) in [5, 5.41) is 4.03. The Bertz CT molecular complexity index is 732. The first-order chi connectivity index (χ1) is 12.0. The third kappa shape index (κ3) is 3.30. The van der Waals surface area contributed by atoms with Gasteiger partial charge < -0.3 is 14.5 Å². The molecule has 1 spiro atoms. The molecule has 2 aliphatic rings. The first kappa shape index (κ1) is 17.6. The van der Waals surface area contributed by atoms with Crippen molar-refractivity contribution in [2.75, 3.05) is 39.9 Å². The fraction of sp³-hybridized carbons (Fsp3) is 0.647. The fourth-order valence-corrected chi connectivity index (χ4v) is 3.77. The second kappa shape index (κ2) is 6.95. The van der Waals surface area contributed by atoms with Gasteiger partial charge in [-0.05, 0) is 25.3 Å². The van der Waals surface area contributed by atoms with E-state index in [0.717, 1.165) is 24.1 Å². The van der Waals surface area contributed by atoms with Crippen molar-refractivity contribution in [3.8, 4) is 0 Å². The Balaban J connectivity index is 1.73. The van der Waals surface area contributed by atoms with Gasteiger partial charge in [0.25, 0.3) is 11.5 Å². The van der Waals surface area contributed by atoms with Gasteiger partial charge in [0.05, 0.1) is 12.0 Å². The predicted octanol–water partition coefficient (Wildman–Crippen LogP) is -0.119. The van der Waals surface area contributed by atoms with E-state index in [1.165, 1.54) is 19.2 Å². The van der Waals surface area contributed by atoms with Crippen LogP contribution in [0.2, 0.25) is 0 Å². The minimum Gasteiger partial charge on any atom is -0.383 e. The maximum Gasteiger partial charge on any atom is 0.274 e. The number of carbonyl (C=O) groups is 2. The molecule has 2 saturated heterocycles. The molecule has 3 rings (SSSR count). The molecular weight excluding hydrogens is 324 g/mol. The molecule has 0 aromatic carbocycles. The van der Waals surface area contributed by atoms with Crippen molar-refractivity contribution in [3.63, 3.8) is 0 Å². The average molecular weight is 348 g/mol. The van der Waals surface area contributed by atoms with Crippen molar-refractivity contribution in [2.24, 2.45) is 12.5 Å². The number of methoxy groups -OCH3 is 1. The van der Waals surface area contributed by atoms with Crippen molar-refractivity contribution >= 4 is 11.8 Å². The summed E-state index contributed by atoms with van der Waals surface area (Å²) < 4.78 is 6.24. The zero-order valence-corrected chi connectivity index (χ0v) is 14.7. The van der Waals surface area contributed by atoms with Gasteiger partial charge in [-0.15, -0.1) is 0 Å². The number of amides is 2. The molecular formula is C17H24N4O4. The van der Waals surface area contributed by atoms with Gasteiger partial charge in [0.15, 0.2) is 0 Å². The van der Waals surface area contributed by atoms with Crippen LogP contribution in [0, 0.1) is 5.41 Å². The molecule has 0 radical (unpaired) electrons. The van der Waals surface area contributed by atoms with Gasteiger partial charge >= 0.3 is 0 Å². The molecule has 0 unspecified atom stereocenters. The molecule has 1 aromatic heterocycles. The largest absolute Gasteiger partial charge is 0.383 e. The molecule has 1 aromatic rings. The molecule has 1 atom stereocenters. The Morgan fingerprint density at radius 3 is 2.80 bits per heavy atom. The van der Waals surface area contributed by atoms with Gasteiger partial charge in [-0.1, -0.05) is 0 Å². The molecule has 2 aliphatic heterocycles. The number of likely N-dealkylation sites (tertiary alicyclic amines) is 2. The van der Waals surface area contributed by atoms with E-state index in [0.29, 0.717) is 32.7 Å². The van der Waals surface area contributed by atoms with Crippen molar-refractivity contribution < 1.29 is 14.3 Å². The van der Waals surface area contributed by atoms with Gasteiger partial charge in [0, 0.05) is 46.4 Å². The van der Waals surface area contributed by atoms with Crippen LogP contribution in [0.25, 0.3) is 0 Å². The van der Waals surface area contributed by atoms with E-state index in [2.05, 4.69) is 5.10 Å². The Morgan fingerprint density at radius 1 is 1.28 bits per heavy atom. The molecule has 25 heavy (non-hydrogen) atoms. The summed E-state index contributed by atoms with van der Waals surface area (Å²) in [6.45, 7) is 2.81. The van der Waals surface area contributed by atoms with Crippen LogP contribution >= 0.6 is 0 Å². The molecule has 136 valence electrons. The lowest BCUT2D eigenvalue weighted by molar-refractivity contribution is -0.146. The third-order valence-corrected chi connectivity index (χ3v) is 5.21. The zero-order valence-electron chi connectivity index (χ0n) is 14.7. The summed E-state index contributed by atoms with van der Waals surface area (Å²) in [6.07, 6.45) is 2.42. The summed E-state index contributed by atoms with van der Waals surface area (Å²) in [5.41, 5.74) is -0.508. The standard InChI is InChI=1S/C17H24N4O4/c1-19-14(22)5-4-13(18-19)15(23)21-9-7-17(12-21)6-3-8-20(16(17)24)10-11-25-2/h4-5H,3,6-12H2,1-2H3/t17-/m0/s1. The topological polar surface area (TPSA) is 84.7 Å². The number of carbonyl (C=O) groups excluding carboxylic acids is 2. The molecule has 0 aliphatic carbocycles. The summed E-state index contributed by atoms with van der Waals surface area (Å²) in [6, 6.07) is 2.79.